The Morgan fingerprint density at radius 3 is 0.910 bits per heavy atom. The molecule has 0 aliphatic heterocycles. The second-order valence-electron chi connectivity index (χ2n) is 22.6. The van der Waals surface area contributed by atoms with Crippen LogP contribution < -0.4 is 5.11 Å². The van der Waals surface area contributed by atoms with Crippen LogP contribution in [-0.2, 0) is 33.3 Å². The molecule has 0 heterocycles. The van der Waals surface area contributed by atoms with Gasteiger partial charge in [0.2, 0.25) is 0 Å². The van der Waals surface area contributed by atoms with Gasteiger partial charge in [0.15, 0.2) is 12.4 Å². The number of hydrogen-bond donors (Lipinski definition) is 0. The van der Waals surface area contributed by atoms with Crippen molar-refractivity contribution >= 4 is 17.9 Å². The number of ether oxygens (including phenoxy) is 4. The first-order valence-electron chi connectivity index (χ1n) is 33.9. The largest absolute Gasteiger partial charge is 0.545 e. The third-order valence-electron chi connectivity index (χ3n) is 13.2. The standard InChI is InChI=1S/C80H121NO8/c1-6-8-10-12-14-16-18-20-22-24-26-28-30-32-34-35-36-37-38-39-40-41-42-43-45-47-49-51-53-55-57-59-61-63-65-67-69-71-78(83)89-76(75-88-80(79(84)85)86-73-72-81(3,4)5)74-87-77(82)70-68-66-64-62-60-58-56-54-52-50-48-46-44-33-31-29-27-25-23-21-19-17-15-13-11-9-7-2/h8-11,14-17,20-23,26-29,32-34,36-37,39-40,42-44,47-50,53-56,59,61,76,80H,6-7,12-13,18-19,24-25,30-31,35,38,41,45-46,51-52,57-58,60,62-75H2,1-5H3/b10-8-,11-9-,16-14-,17-15-,22-20-,23-21-,28-26-,29-27-,34-32-,37-36-,40-39-,43-42-,44-33-,49-47-,50-48-,55-53-,56-54-,61-59-. The maximum Gasteiger partial charge on any atom is 0.306 e. The molecule has 0 fully saturated rings. The minimum Gasteiger partial charge on any atom is -0.545 e. The molecule has 0 aliphatic carbocycles. The highest BCUT2D eigenvalue weighted by molar-refractivity contribution is 5.70. The van der Waals surface area contributed by atoms with Crippen molar-refractivity contribution in [2.24, 2.45) is 0 Å². The molecule has 0 radical (unpaired) electrons. The molecule has 2 atom stereocenters. The van der Waals surface area contributed by atoms with Crippen LogP contribution in [-0.4, -0.2) is 82.3 Å². The first kappa shape index (κ1) is 82.6. The number of esters is 2. The number of carboxylic acids is 1. The lowest BCUT2D eigenvalue weighted by atomic mass is 10.1. The highest BCUT2D eigenvalue weighted by Crippen LogP contribution is 2.12. The Balaban J connectivity index is 4.36. The lowest BCUT2D eigenvalue weighted by Gasteiger charge is -2.26. The van der Waals surface area contributed by atoms with E-state index in [1.54, 1.807) is 0 Å². The second kappa shape index (κ2) is 67.5. The Bertz CT molecular complexity index is 2260. The van der Waals surface area contributed by atoms with Gasteiger partial charge in [-0.1, -0.05) is 258 Å². The smallest absolute Gasteiger partial charge is 0.306 e. The van der Waals surface area contributed by atoms with Gasteiger partial charge in [0.25, 0.3) is 0 Å². The summed E-state index contributed by atoms with van der Waals surface area (Å²) in [7, 11) is 5.89. The molecule has 9 nitrogen and oxygen atoms in total. The van der Waals surface area contributed by atoms with Gasteiger partial charge >= 0.3 is 11.9 Å². The number of rotatable bonds is 59. The number of hydrogen-bond acceptors (Lipinski definition) is 8. The number of likely N-dealkylation sites (N-methyl/N-ethyl adjacent to an activating group) is 1. The van der Waals surface area contributed by atoms with Crippen molar-refractivity contribution < 1.29 is 42.9 Å². The molecule has 0 N–H and O–H groups in total. The van der Waals surface area contributed by atoms with Crippen molar-refractivity contribution in [1.29, 1.82) is 0 Å². The molecule has 0 amide bonds. The molecular formula is C80H121NO8. The van der Waals surface area contributed by atoms with E-state index in [1.807, 2.05) is 21.1 Å². The molecule has 0 saturated carbocycles. The number of aliphatic carboxylic acids is 1. The van der Waals surface area contributed by atoms with Crippen LogP contribution >= 0.6 is 0 Å². The van der Waals surface area contributed by atoms with E-state index >= 15 is 0 Å². The lowest BCUT2D eigenvalue weighted by Crippen LogP contribution is -2.44. The number of carboxylic acid groups (broad SMARTS) is 1. The fraction of sp³-hybridized carbons (Fsp3) is 0.512. The monoisotopic (exact) mass is 1220 g/mol. The average molecular weight is 1220 g/mol. The number of quaternary nitrogens is 1. The van der Waals surface area contributed by atoms with Crippen LogP contribution in [0.1, 0.15) is 206 Å². The number of unbranched alkanes of at least 4 members (excludes halogenated alkanes) is 8. The van der Waals surface area contributed by atoms with Crippen molar-refractivity contribution in [3.63, 3.8) is 0 Å². The maximum absolute atomic E-state index is 12.9. The molecule has 9 heteroatoms. The molecule has 494 valence electrons. The fourth-order valence-electron chi connectivity index (χ4n) is 8.11. The molecule has 0 aliphatic rings. The van der Waals surface area contributed by atoms with Crippen LogP contribution in [0.2, 0.25) is 0 Å². The van der Waals surface area contributed by atoms with Gasteiger partial charge in [0.1, 0.15) is 13.2 Å². The summed E-state index contributed by atoms with van der Waals surface area (Å²) in [5, 5.41) is 11.8. The number of allylic oxidation sites excluding steroid dienone is 36. The molecule has 0 saturated heterocycles. The summed E-state index contributed by atoms with van der Waals surface area (Å²) in [6.07, 6.45) is 104. The van der Waals surface area contributed by atoms with Gasteiger partial charge in [-0.3, -0.25) is 9.59 Å². The Morgan fingerprint density at radius 1 is 0.337 bits per heavy atom. The summed E-state index contributed by atoms with van der Waals surface area (Å²) in [5.41, 5.74) is 0. The predicted molar refractivity (Wildman–Crippen MR) is 379 cm³/mol. The fourth-order valence-corrected chi connectivity index (χ4v) is 8.11. The summed E-state index contributed by atoms with van der Waals surface area (Å²) in [6, 6.07) is 0. The van der Waals surface area contributed by atoms with Gasteiger partial charge in [-0.05, 0) is 154 Å². The first-order chi connectivity index (χ1) is 43.6. The molecule has 89 heavy (non-hydrogen) atoms. The van der Waals surface area contributed by atoms with Crippen molar-refractivity contribution in [2.45, 2.75) is 219 Å². The van der Waals surface area contributed by atoms with E-state index < -0.39 is 30.3 Å². The zero-order valence-electron chi connectivity index (χ0n) is 56.2. The molecular weight excluding hydrogens is 1100 g/mol. The summed E-state index contributed by atoms with van der Waals surface area (Å²) in [4.78, 5) is 37.4. The summed E-state index contributed by atoms with van der Waals surface area (Å²) in [5.74, 6) is -2.39. The van der Waals surface area contributed by atoms with Crippen LogP contribution in [0.3, 0.4) is 0 Å². The van der Waals surface area contributed by atoms with E-state index in [0.29, 0.717) is 23.9 Å². The molecule has 0 aromatic rings. The topological polar surface area (TPSA) is 111 Å². The van der Waals surface area contributed by atoms with E-state index in [0.717, 1.165) is 167 Å². The van der Waals surface area contributed by atoms with Crippen molar-refractivity contribution in [2.75, 3.05) is 47.5 Å². The molecule has 0 aromatic carbocycles. The summed E-state index contributed by atoms with van der Waals surface area (Å²) in [6.45, 7) is 4.41. The summed E-state index contributed by atoms with van der Waals surface area (Å²) < 4.78 is 22.7. The van der Waals surface area contributed by atoms with E-state index in [9.17, 15) is 19.5 Å². The van der Waals surface area contributed by atoms with Gasteiger partial charge in [0, 0.05) is 12.8 Å². The van der Waals surface area contributed by atoms with E-state index in [4.69, 9.17) is 18.9 Å². The highest BCUT2D eigenvalue weighted by atomic mass is 16.7. The quantitative estimate of drug-likeness (QED) is 0.0195. The number of carbonyl (C=O) groups is 3. The minimum absolute atomic E-state index is 0.124. The van der Waals surface area contributed by atoms with E-state index in [1.165, 1.54) is 0 Å². The minimum atomic E-state index is -1.65. The predicted octanol–water partition coefficient (Wildman–Crippen LogP) is 20.0. The maximum atomic E-state index is 12.9. The Labute approximate surface area is 543 Å². The van der Waals surface area contributed by atoms with Crippen molar-refractivity contribution in [3.05, 3.63) is 219 Å². The molecule has 2 unspecified atom stereocenters. The van der Waals surface area contributed by atoms with Crippen LogP contribution in [0.15, 0.2) is 219 Å². The third-order valence-corrected chi connectivity index (χ3v) is 13.2. The first-order valence-corrected chi connectivity index (χ1v) is 33.9. The van der Waals surface area contributed by atoms with Gasteiger partial charge in [-0.25, -0.2) is 0 Å². The van der Waals surface area contributed by atoms with Crippen LogP contribution in [0, 0.1) is 0 Å². The molecule has 0 rings (SSSR count). The van der Waals surface area contributed by atoms with Crippen molar-refractivity contribution in [1.82, 2.24) is 0 Å². The zero-order valence-corrected chi connectivity index (χ0v) is 56.2. The molecule has 0 bridgehead atoms. The average Bonchev–Trinajstić information content (AvgIpc) is 3.70. The van der Waals surface area contributed by atoms with Crippen molar-refractivity contribution in [3.8, 4) is 0 Å². The Hall–Kier alpha value is -6.39. The van der Waals surface area contributed by atoms with Gasteiger partial charge in [0.05, 0.1) is 40.3 Å². The number of nitrogens with zero attached hydrogens (tertiary/aromatic N) is 1. The van der Waals surface area contributed by atoms with E-state index in [2.05, 4.69) is 233 Å². The van der Waals surface area contributed by atoms with Crippen LogP contribution in [0.4, 0.5) is 0 Å². The van der Waals surface area contributed by atoms with Gasteiger partial charge in [-0.15, -0.1) is 0 Å². The lowest BCUT2D eigenvalue weighted by molar-refractivity contribution is -0.870. The normalized spacial score (nSPS) is 14.1. The van der Waals surface area contributed by atoms with Crippen LogP contribution in [0.5, 0.6) is 0 Å². The summed E-state index contributed by atoms with van der Waals surface area (Å²) >= 11 is 0. The number of carbonyl (C=O) groups excluding carboxylic acids is 3. The Morgan fingerprint density at radius 2 is 0.607 bits per heavy atom. The van der Waals surface area contributed by atoms with E-state index in [-0.39, 0.29) is 32.7 Å². The van der Waals surface area contributed by atoms with Gasteiger partial charge < -0.3 is 33.3 Å². The Kier molecular flexibility index (Phi) is 62.7. The molecule has 0 spiro atoms. The second-order valence-corrected chi connectivity index (χ2v) is 22.6. The highest BCUT2D eigenvalue weighted by Gasteiger charge is 2.22. The SMILES string of the molecule is CC/C=C\C/C=C\C/C=C\C/C=C\C/C=C\C/C=C\C/C=C\C/C=C\C/C=C\C/C=C\C/C=C\CCCCCC(=O)OC(COC(=O)CCCCCCC/C=C\C/C=C\C/C=C\C/C=C\C/C=C\C/C=C\C/C=C\CC)COC(OCC[N+](C)(C)C)C(=O)[O-]. The molecule has 0 aromatic heterocycles. The van der Waals surface area contributed by atoms with Gasteiger partial charge in [-0.2, -0.15) is 0 Å². The van der Waals surface area contributed by atoms with Crippen LogP contribution in [0.25, 0.3) is 0 Å². The third kappa shape index (κ3) is 69.0. The zero-order chi connectivity index (χ0) is 64.7.